The smallest absolute Gasteiger partial charge is 0.317 e. The van der Waals surface area contributed by atoms with Crippen LogP contribution in [0, 0.1) is 10.8 Å². The zero-order valence-corrected chi connectivity index (χ0v) is 15.4. The number of ether oxygens (including phenoxy) is 1. The molecule has 0 spiro atoms. The second-order valence-electron chi connectivity index (χ2n) is 7.72. The molecule has 0 radical (unpaired) electrons. The molecule has 25 heavy (non-hydrogen) atoms. The summed E-state index contributed by atoms with van der Waals surface area (Å²) in [5, 5.41) is 11.7. The maximum absolute atomic E-state index is 12.2. The Balaban J connectivity index is 1.68. The van der Waals surface area contributed by atoms with Gasteiger partial charge in [-0.2, -0.15) is 0 Å². The van der Waals surface area contributed by atoms with E-state index in [4.69, 9.17) is 9.84 Å². The number of benzene rings is 1. The molecule has 2 fully saturated rings. The van der Waals surface area contributed by atoms with Gasteiger partial charge in [-0.05, 0) is 31.2 Å². The van der Waals surface area contributed by atoms with Crippen LogP contribution in [0.1, 0.15) is 20.8 Å². The van der Waals surface area contributed by atoms with Crippen LogP contribution in [-0.4, -0.2) is 62.0 Å². The number of hydrogen-bond donors (Lipinski definition) is 2. The van der Waals surface area contributed by atoms with Gasteiger partial charge >= 0.3 is 6.03 Å². The molecule has 2 saturated heterocycles. The molecule has 2 aliphatic rings. The van der Waals surface area contributed by atoms with Gasteiger partial charge in [0.05, 0.1) is 13.2 Å². The summed E-state index contributed by atoms with van der Waals surface area (Å²) in [6.45, 7) is 10.8. The van der Waals surface area contributed by atoms with Gasteiger partial charge in [-0.15, -0.1) is 0 Å². The number of aliphatic hydroxyl groups is 1. The largest absolute Gasteiger partial charge is 0.494 e. The van der Waals surface area contributed by atoms with Gasteiger partial charge in [0.25, 0.3) is 0 Å². The lowest BCUT2D eigenvalue weighted by Crippen LogP contribution is -2.42. The molecule has 2 atom stereocenters. The molecule has 0 aliphatic carbocycles. The molecule has 2 aliphatic heterocycles. The van der Waals surface area contributed by atoms with Gasteiger partial charge in [0.2, 0.25) is 0 Å². The fourth-order valence-corrected chi connectivity index (χ4v) is 4.18. The lowest BCUT2D eigenvalue weighted by molar-refractivity contribution is 0.197. The van der Waals surface area contributed by atoms with E-state index in [1.807, 2.05) is 24.0 Å². The average molecular weight is 347 g/mol. The van der Waals surface area contributed by atoms with Crippen LogP contribution < -0.4 is 15.0 Å². The van der Waals surface area contributed by atoms with Crippen molar-refractivity contribution in [1.82, 2.24) is 10.2 Å². The van der Waals surface area contributed by atoms with Crippen LogP contribution in [0.4, 0.5) is 10.5 Å². The number of carbonyl (C=O) groups is 1. The van der Waals surface area contributed by atoms with Crippen LogP contribution in [0.15, 0.2) is 24.3 Å². The van der Waals surface area contributed by atoms with E-state index in [0.29, 0.717) is 13.2 Å². The number of aliphatic hydroxyl groups excluding tert-OH is 1. The number of urea groups is 1. The summed E-state index contributed by atoms with van der Waals surface area (Å²) < 4.78 is 5.52. The van der Waals surface area contributed by atoms with Crippen LogP contribution in [0.5, 0.6) is 5.75 Å². The number of nitrogens with one attached hydrogen (secondary N) is 1. The normalized spacial score (nSPS) is 28.2. The Hall–Kier alpha value is -1.95. The van der Waals surface area contributed by atoms with Crippen LogP contribution in [0.3, 0.4) is 0 Å². The molecule has 2 heterocycles. The lowest BCUT2D eigenvalue weighted by Gasteiger charge is -2.29. The zero-order valence-electron chi connectivity index (χ0n) is 15.4. The summed E-state index contributed by atoms with van der Waals surface area (Å²) in [5.41, 5.74) is 1.32. The Labute approximate surface area is 149 Å². The SMILES string of the molecule is CCOc1ccc(N2C[C@]3(C)CN(C(=O)NCCO)C[C@]3(C)C2)cc1. The predicted molar refractivity (Wildman–Crippen MR) is 98.1 cm³/mol. The van der Waals surface area contributed by atoms with Crippen molar-refractivity contribution in [2.45, 2.75) is 20.8 Å². The first kappa shape index (κ1) is 17.9. The quantitative estimate of drug-likeness (QED) is 0.854. The number of nitrogens with zero attached hydrogens (tertiary/aromatic N) is 2. The summed E-state index contributed by atoms with van der Waals surface area (Å²) >= 11 is 0. The fraction of sp³-hybridized carbons (Fsp3) is 0.632. The average Bonchev–Trinajstić information content (AvgIpc) is 2.98. The van der Waals surface area contributed by atoms with Crippen molar-refractivity contribution in [3.05, 3.63) is 24.3 Å². The Morgan fingerprint density at radius 2 is 1.76 bits per heavy atom. The monoisotopic (exact) mass is 347 g/mol. The first-order valence-electron chi connectivity index (χ1n) is 9.02. The molecule has 2 amide bonds. The number of anilines is 1. The Morgan fingerprint density at radius 1 is 1.16 bits per heavy atom. The summed E-state index contributed by atoms with van der Waals surface area (Å²) in [6, 6.07) is 8.20. The summed E-state index contributed by atoms with van der Waals surface area (Å²) in [5.74, 6) is 0.898. The van der Waals surface area contributed by atoms with Crippen molar-refractivity contribution in [3.8, 4) is 5.75 Å². The number of rotatable bonds is 5. The number of carbonyl (C=O) groups excluding carboxylic acids is 1. The molecule has 3 rings (SSSR count). The van der Waals surface area contributed by atoms with Gasteiger partial charge in [0.1, 0.15) is 5.75 Å². The number of amides is 2. The van der Waals surface area contributed by atoms with Gasteiger partial charge in [0.15, 0.2) is 0 Å². The van der Waals surface area contributed by atoms with Crippen molar-refractivity contribution >= 4 is 11.7 Å². The van der Waals surface area contributed by atoms with E-state index >= 15 is 0 Å². The Morgan fingerprint density at radius 3 is 2.28 bits per heavy atom. The van der Waals surface area contributed by atoms with Gasteiger partial charge in [-0.3, -0.25) is 0 Å². The first-order chi connectivity index (χ1) is 11.9. The van der Waals surface area contributed by atoms with E-state index in [9.17, 15) is 4.79 Å². The van der Waals surface area contributed by atoms with Crippen LogP contribution in [0.25, 0.3) is 0 Å². The van der Waals surface area contributed by atoms with E-state index in [0.717, 1.165) is 31.9 Å². The van der Waals surface area contributed by atoms with Crippen molar-refractivity contribution in [3.63, 3.8) is 0 Å². The molecule has 0 bridgehead atoms. The van der Waals surface area contributed by atoms with Gasteiger partial charge in [0, 0.05) is 49.2 Å². The second kappa shape index (κ2) is 6.75. The highest BCUT2D eigenvalue weighted by molar-refractivity contribution is 5.75. The molecule has 2 N–H and O–H groups in total. The van der Waals surface area contributed by atoms with E-state index in [1.54, 1.807) is 0 Å². The molecule has 1 aromatic carbocycles. The molecular weight excluding hydrogens is 318 g/mol. The third kappa shape index (κ3) is 3.27. The highest BCUT2D eigenvalue weighted by Gasteiger charge is 2.58. The molecule has 6 nitrogen and oxygen atoms in total. The van der Waals surface area contributed by atoms with E-state index in [1.165, 1.54) is 5.69 Å². The Kier molecular flexibility index (Phi) is 4.82. The van der Waals surface area contributed by atoms with Crippen molar-refractivity contribution in [1.29, 1.82) is 0 Å². The van der Waals surface area contributed by atoms with E-state index in [-0.39, 0.29) is 23.5 Å². The molecule has 0 unspecified atom stereocenters. The molecular formula is C19H29N3O3. The summed E-state index contributed by atoms with van der Waals surface area (Å²) in [7, 11) is 0. The zero-order chi connectivity index (χ0) is 18.1. The maximum atomic E-state index is 12.2. The van der Waals surface area contributed by atoms with Gasteiger partial charge < -0.3 is 25.0 Å². The summed E-state index contributed by atoms with van der Waals surface area (Å²) in [6.07, 6.45) is 0. The fourth-order valence-electron chi connectivity index (χ4n) is 4.18. The second-order valence-corrected chi connectivity index (χ2v) is 7.72. The third-order valence-corrected chi connectivity index (χ3v) is 5.80. The predicted octanol–water partition coefficient (Wildman–Crippen LogP) is 1.94. The molecule has 0 aromatic heterocycles. The lowest BCUT2D eigenvalue weighted by atomic mass is 9.71. The van der Waals surface area contributed by atoms with Crippen LogP contribution in [-0.2, 0) is 0 Å². The molecule has 138 valence electrons. The molecule has 1 aromatic rings. The minimum atomic E-state index is -0.0708. The maximum Gasteiger partial charge on any atom is 0.317 e. The van der Waals surface area contributed by atoms with Gasteiger partial charge in [-0.25, -0.2) is 4.79 Å². The highest BCUT2D eigenvalue weighted by atomic mass is 16.5. The van der Waals surface area contributed by atoms with Crippen molar-refractivity contribution in [2.75, 3.05) is 50.8 Å². The van der Waals surface area contributed by atoms with Crippen molar-refractivity contribution in [2.24, 2.45) is 10.8 Å². The topological polar surface area (TPSA) is 65.0 Å². The molecule has 6 heteroatoms. The van der Waals surface area contributed by atoms with Crippen LogP contribution in [0.2, 0.25) is 0 Å². The number of hydrogen-bond acceptors (Lipinski definition) is 4. The minimum absolute atomic E-state index is 0.0281. The minimum Gasteiger partial charge on any atom is -0.494 e. The highest BCUT2D eigenvalue weighted by Crippen LogP contribution is 2.52. The first-order valence-corrected chi connectivity index (χ1v) is 9.02. The van der Waals surface area contributed by atoms with Crippen molar-refractivity contribution < 1.29 is 14.6 Å². The Bertz CT molecular complexity index is 601. The molecule has 0 saturated carbocycles. The van der Waals surface area contributed by atoms with Crippen LogP contribution >= 0.6 is 0 Å². The third-order valence-electron chi connectivity index (χ3n) is 5.80. The van der Waals surface area contributed by atoms with E-state index < -0.39 is 0 Å². The van der Waals surface area contributed by atoms with E-state index in [2.05, 4.69) is 36.2 Å². The summed E-state index contributed by atoms with van der Waals surface area (Å²) in [4.78, 5) is 16.6. The van der Waals surface area contributed by atoms with Gasteiger partial charge in [-0.1, -0.05) is 13.8 Å². The standard InChI is InChI=1S/C19H29N3O3/c1-4-25-16-7-5-15(6-8-16)21-11-18(2)13-22(14-19(18,3)12-21)17(24)20-9-10-23/h5-8,23H,4,9-14H2,1-3H3,(H,20,24)/t18-,19+. The number of fused-ring (bicyclic) bond motifs is 1. The number of likely N-dealkylation sites (tertiary alicyclic amines) is 1.